The molecule has 2 heterocycles. The van der Waals surface area contributed by atoms with Crippen LogP contribution in [0.5, 0.6) is 5.75 Å². The molecule has 8 heteroatoms. The van der Waals surface area contributed by atoms with Gasteiger partial charge in [0.2, 0.25) is 0 Å². The highest BCUT2D eigenvalue weighted by Gasteiger charge is 2.24. The third kappa shape index (κ3) is 5.41. The Morgan fingerprint density at radius 3 is 2.58 bits per heavy atom. The normalized spacial score (nSPS) is 12.3. The average molecular weight is 464 g/mol. The van der Waals surface area contributed by atoms with Crippen LogP contribution in [0.2, 0.25) is 5.02 Å². The number of imidazole rings is 1. The van der Waals surface area contributed by atoms with E-state index in [0.29, 0.717) is 28.5 Å². The Balaban J connectivity index is 0.00000341. The maximum Gasteiger partial charge on any atom is 0.154 e. The van der Waals surface area contributed by atoms with E-state index in [1.165, 1.54) is 7.11 Å². The summed E-state index contributed by atoms with van der Waals surface area (Å²) in [6.45, 7) is 3.97. The first kappa shape index (κ1) is 25.2. The molecule has 6 nitrogen and oxygen atoms in total. The lowest BCUT2D eigenvalue weighted by Gasteiger charge is -2.26. The van der Waals surface area contributed by atoms with Crippen molar-refractivity contribution in [3.63, 3.8) is 0 Å². The monoisotopic (exact) mass is 463 g/mol. The van der Waals surface area contributed by atoms with E-state index in [9.17, 15) is 9.90 Å². The van der Waals surface area contributed by atoms with Gasteiger partial charge in [0.25, 0.3) is 0 Å². The van der Waals surface area contributed by atoms with Gasteiger partial charge in [0.1, 0.15) is 11.4 Å². The number of fused-ring (bicyclic) bond motifs is 1. The first-order valence-corrected chi connectivity index (χ1v) is 10.3. The van der Waals surface area contributed by atoms with Crippen LogP contribution in [-0.2, 0) is 17.8 Å². The van der Waals surface area contributed by atoms with Crippen LogP contribution in [0.3, 0.4) is 0 Å². The lowest BCUT2D eigenvalue weighted by atomic mass is 9.95. The van der Waals surface area contributed by atoms with Crippen molar-refractivity contribution in [2.75, 3.05) is 21.2 Å². The van der Waals surface area contributed by atoms with E-state index in [2.05, 4.69) is 13.8 Å². The van der Waals surface area contributed by atoms with Crippen LogP contribution in [0.15, 0.2) is 36.7 Å². The van der Waals surface area contributed by atoms with E-state index >= 15 is 0 Å². The number of halogens is 1. The molecule has 0 aliphatic rings. The molecular formula is C23H30ClN3O3S. The minimum atomic E-state index is -0.155. The summed E-state index contributed by atoms with van der Waals surface area (Å²) in [6, 6.07) is 7.22. The largest absolute Gasteiger partial charge is 0.495 e. The van der Waals surface area contributed by atoms with Crippen LogP contribution < -0.4 is 4.74 Å². The predicted octanol–water partition coefficient (Wildman–Crippen LogP) is 3.97. The zero-order valence-corrected chi connectivity index (χ0v) is 20.3. The molecule has 3 aromatic rings. The summed E-state index contributed by atoms with van der Waals surface area (Å²) in [6.07, 6.45) is 4.14. The van der Waals surface area contributed by atoms with Crippen LogP contribution in [-0.4, -0.2) is 52.4 Å². The van der Waals surface area contributed by atoms with Crippen molar-refractivity contribution in [3.8, 4) is 17.0 Å². The van der Waals surface area contributed by atoms with Crippen molar-refractivity contribution in [3.05, 3.63) is 52.8 Å². The van der Waals surface area contributed by atoms with Crippen molar-refractivity contribution in [1.82, 2.24) is 14.3 Å². The molecule has 1 atom stereocenters. The number of hydrogen-bond donors (Lipinski definition) is 1. The fraction of sp³-hybridized carbons (Fsp3) is 0.391. The second-order valence-electron chi connectivity index (χ2n) is 8.02. The number of rotatable bonds is 8. The number of ether oxygens (including phenoxy) is 1. The van der Waals surface area contributed by atoms with Crippen molar-refractivity contribution in [2.45, 2.75) is 32.9 Å². The number of ketones is 1. The number of aliphatic hydroxyl groups is 1. The highest BCUT2D eigenvalue weighted by Crippen LogP contribution is 2.33. The molecular weight excluding hydrogens is 434 g/mol. The lowest BCUT2D eigenvalue weighted by Crippen LogP contribution is -2.40. The molecule has 0 radical (unpaired) electrons. The summed E-state index contributed by atoms with van der Waals surface area (Å²) in [7, 11) is 5.41. The topological polar surface area (TPSA) is 67.1 Å². The average Bonchev–Trinajstić information content (AvgIpc) is 3.10. The van der Waals surface area contributed by atoms with Gasteiger partial charge in [0.05, 0.1) is 30.5 Å². The Labute approximate surface area is 195 Å². The number of carbonyl (C=O) groups is 1. The molecule has 0 aliphatic carbocycles. The van der Waals surface area contributed by atoms with Gasteiger partial charge in [-0.05, 0) is 55.4 Å². The fourth-order valence-corrected chi connectivity index (χ4v) is 4.19. The second kappa shape index (κ2) is 10.5. The number of aromatic nitrogens is 2. The van der Waals surface area contributed by atoms with Gasteiger partial charge in [0, 0.05) is 24.4 Å². The van der Waals surface area contributed by atoms with Crippen LogP contribution in [0.1, 0.15) is 25.0 Å². The van der Waals surface area contributed by atoms with Crippen LogP contribution in [0.25, 0.3) is 16.9 Å². The van der Waals surface area contributed by atoms with Crippen molar-refractivity contribution in [1.29, 1.82) is 0 Å². The van der Waals surface area contributed by atoms with Crippen LogP contribution >= 0.6 is 25.1 Å². The summed E-state index contributed by atoms with van der Waals surface area (Å²) >= 11 is 6.29. The summed E-state index contributed by atoms with van der Waals surface area (Å²) in [5.41, 5.74) is 3.78. The molecule has 2 aromatic heterocycles. The van der Waals surface area contributed by atoms with Crippen molar-refractivity contribution < 1.29 is 14.6 Å². The van der Waals surface area contributed by atoms with Gasteiger partial charge in [0.15, 0.2) is 5.78 Å². The molecule has 0 saturated carbocycles. The van der Waals surface area contributed by atoms with Gasteiger partial charge in [-0.2, -0.15) is 13.5 Å². The Hall–Kier alpha value is -2.06. The number of Topliss-reactive ketones (excluding diaryl/α,β-unsaturated/α-hetero) is 1. The van der Waals surface area contributed by atoms with Gasteiger partial charge in [-0.1, -0.05) is 25.4 Å². The molecule has 31 heavy (non-hydrogen) atoms. The smallest absolute Gasteiger partial charge is 0.154 e. The lowest BCUT2D eigenvalue weighted by molar-refractivity contribution is -0.124. The van der Waals surface area contributed by atoms with E-state index in [4.69, 9.17) is 21.3 Å². The Morgan fingerprint density at radius 1 is 1.29 bits per heavy atom. The van der Waals surface area contributed by atoms with Gasteiger partial charge in [-0.25, -0.2) is 4.98 Å². The van der Waals surface area contributed by atoms with E-state index in [1.807, 2.05) is 47.9 Å². The summed E-state index contributed by atoms with van der Waals surface area (Å²) < 4.78 is 7.14. The van der Waals surface area contributed by atoms with E-state index in [-0.39, 0.29) is 37.8 Å². The highest BCUT2D eigenvalue weighted by molar-refractivity contribution is 7.59. The SMILES string of the molecule is COc1cc(CO)c(-c2cn3ccc(CC(=O)[C@H](C(C)C)N(C)C)cc3n2)cc1Cl.S. The van der Waals surface area contributed by atoms with Gasteiger partial charge >= 0.3 is 0 Å². The predicted molar refractivity (Wildman–Crippen MR) is 130 cm³/mol. The fourth-order valence-electron chi connectivity index (χ4n) is 3.95. The van der Waals surface area contributed by atoms with Crippen molar-refractivity contribution in [2.24, 2.45) is 5.92 Å². The molecule has 1 aromatic carbocycles. The first-order chi connectivity index (χ1) is 14.2. The van der Waals surface area contributed by atoms with E-state index < -0.39 is 0 Å². The molecule has 1 N–H and O–H groups in total. The minimum absolute atomic E-state index is 0. The van der Waals surface area contributed by atoms with Gasteiger partial charge in [-0.3, -0.25) is 9.69 Å². The molecule has 168 valence electrons. The second-order valence-corrected chi connectivity index (χ2v) is 8.43. The number of pyridine rings is 1. The Kier molecular flexibility index (Phi) is 8.54. The zero-order valence-electron chi connectivity index (χ0n) is 18.5. The molecule has 0 bridgehead atoms. The molecule has 0 aliphatic heterocycles. The number of methoxy groups -OCH3 is 1. The maximum absolute atomic E-state index is 12.8. The minimum Gasteiger partial charge on any atom is -0.495 e. The Bertz CT molecular complexity index is 1060. The quantitative estimate of drug-likeness (QED) is 0.547. The van der Waals surface area contributed by atoms with Crippen LogP contribution in [0.4, 0.5) is 0 Å². The number of aliphatic hydroxyl groups excluding tert-OH is 1. The van der Waals surface area contributed by atoms with E-state index in [1.54, 1.807) is 12.1 Å². The molecule has 0 fully saturated rings. The first-order valence-electron chi connectivity index (χ1n) is 9.89. The number of carbonyl (C=O) groups excluding carboxylic acids is 1. The molecule has 0 spiro atoms. The van der Waals surface area contributed by atoms with Crippen LogP contribution in [0, 0.1) is 5.92 Å². The van der Waals surface area contributed by atoms with Gasteiger partial charge < -0.3 is 14.2 Å². The number of nitrogens with zero attached hydrogens (tertiary/aromatic N) is 3. The zero-order chi connectivity index (χ0) is 22.0. The number of likely N-dealkylation sites (N-methyl/N-ethyl adjacent to an activating group) is 1. The summed E-state index contributed by atoms with van der Waals surface area (Å²) in [4.78, 5) is 19.5. The van der Waals surface area contributed by atoms with E-state index in [0.717, 1.165) is 16.8 Å². The summed E-state index contributed by atoms with van der Waals surface area (Å²) in [5, 5.41) is 10.2. The maximum atomic E-state index is 12.8. The standard InChI is InChI=1S/C23H28ClN3O3.H2S/c1-14(2)23(26(3)4)20(29)8-15-6-7-27-12-19(25-22(27)9-15)17-11-18(24)21(30-5)10-16(17)13-28;/h6-7,9-12,14,23,28H,8,13H2,1-5H3;1H2/t23-;/m0./s1. The number of hydrogen-bond acceptors (Lipinski definition) is 5. The molecule has 0 amide bonds. The molecule has 3 rings (SSSR count). The summed E-state index contributed by atoms with van der Waals surface area (Å²) in [5.74, 6) is 0.941. The molecule has 0 saturated heterocycles. The Morgan fingerprint density at radius 2 is 2.00 bits per heavy atom. The number of benzene rings is 1. The molecule has 0 unspecified atom stereocenters. The highest BCUT2D eigenvalue weighted by atomic mass is 35.5. The third-order valence-corrected chi connectivity index (χ3v) is 5.54. The van der Waals surface area contributed by atoms with Crippen molar-refractivity contribution >= 4 is 36.5 Å². The van der Waals surface area contributed by atoms with Gasteiger partial charge in [-0.15, -0.1) is 0 Å². The third-order valence-electron chi connectivity index (χ3n) is 5.24.